The lowest BCUT2D eigenvalue weighted by Gasteiger charge is -2.29. The Morgan fingerprint density at radius 1 is 1.24 bits per heavy atom. The van der Waals surface area contributed by atoms with Crippen LogP contribution >= 0.6 is 11.8 Å². The zero-order chi connectivity index (χ0) is 24.7. The van der Waals surface area contributed by atoms with Crippen LogP contribution in [0.1, 0.15) is 29.8 Å². The van der Waals surface area contributed by atoms with Crippen LogP contribution in [0.3, 0.4) is 0 Å². The van der Waals surface area contributed by atoms with Gasteiger partial charge in [-0.3, -0.25) is 24.2 Å². The SMILES string of the molecule is CSC[C@H](NC(=O)c1nccc2ccccc12)C(=O)N1CCC[C@H]1C(=O)N[C@H](C=O)CC(=O)O. The van der Waals surface area contributed by atoms with Crippen LogP contribution in [0.25, 0.3) is 10.8 Å². The number of nitrogens with one attached hydrogen (secondary N) is 2. The molecule has 2 aromatic rings. The van der Waals surface area contributed by atoms with E-state index >= 15 is 0 Å². The number of nitrogens with zero attached hydrogens (tertiary/aromatic N) is 2. The number of pyridine rings is 1. The molecular weight excluding hydrogens is 460 g/mol. The summed E-state index contributed by atoms with van der Waals surface area (Å²) in [5.41, 5.74) is 0.204. The lowest BCUT2D eigenvalue weighted by Crippen LogP contribution is -2.55. The molecule has 1 saturated heterocycles. The molecule has 3 atom stereocenters. The van der Waals surface area contributed by atoms with Crippen LogP contribution < -0.4 is 10.6 Å². The molecule has 0 unspecified atom stereocenters. The zero-order valence-corrected chi connectivity index (χ0v) is 19.4. The summed E-state index contributed by atoms with van der Waals surface area (Å²) >= 11 is 1.37. The minimum Gasteiger partial charge on any atom is -0.481 e. The molecule has 11 heteroatoms. The first kappa shape index (κ1) is 25.2. The number of aldehydes is 1. The Hall–Kier alpha value is -3.47. The van der Waals surface area contributed by atoms with Gasteiger partial charge in [0.15, 0.2) is 0 Å². The molecule has 0 spiro atoms. The number of carbonyl (C=O) groups excluding carboxylic acids is 4. The van der Waals surface area contributed by atoms with E-state index in [0.29, 0.717) is 31.1 Å². The molecule has 3 amide bonds. The van der Waals surface area contributed by atoms with Crippen LogP contribution in [-0.4, -0.2) is 81.6 Å². The van der Waals surface area contributed by atoms with Crippen molar-refractivity contribution in [3.63, 3.8) is 0 Å². The van der Waals surface area contributed by atoms with E-state index in [-0.39, 0.29) is 11.4 Å². The predicted molar refractivity (Wildman–Crippen MR) is 126 cm³/mol. The van der Waals surface area contributed by atoms with Crippen molar-refractivity contribution in [2.24, 2.45) is 0 Å². The molecule has 10 nitrogen and oxygen atoms in total. The van der Waals surface area contributed by atoms with Gasteiger partial charge in [0.1, 0.15) is 24.1 Å². The van der Waals surface area contributed by atoms with Gasteiger partial charge in [0.2, 0.25) is 11.8 Å². The van der Waals surface area contributed by atoms with E-state index in [0.717, 1.165) is 5.39 Å². The van der Waals surface area contributed by atoms with Gasteiger partial charge in [0, 0.05) is 23.9 Å². The topological polar surface area (TPSA) is 146 Å². The normalized spacial score (nSPS) is 17.1. The molecule has 1 aliphatic heterocycles. The van der Waals surface area contributed by atoms with Crippen LogP contribution in [0, 0.1) is 0 Å². The van der Waals surface area contributed by atoms with E-state index in [1.54, 1.807) is 24.5 Å². The minimum atomic E-state index is -1.22. The maximum atomic E-state index is 13.3. The third-order valence-corrected chi connectivity index (χ3v) is 6.22. The molecule has 0 saturated carbocycles. The molecule has 180 valence electrons. The van der Waals surface area contributed by atoms with Crippen molar-refractivity contribution in [1.82, 2.24) is 20.5 Å². The second kappa shape index (κ2) is 11.6. The highest BCUT2D eigenvalue weighted by atomic mass is 32.2. The van der Waals surface area contributed by atoms with Gasteiger partial charge in [-0.15, -0.1) is 0 Å². The number of carbonyl (C=O) groups is 5. The van der Waals surface area contributed by atoms with Crippen LogP contribution in [-0.2, 0) is 19.2 Å². The van der Waals surface area contributed by atoms with E-state index < -0.39 is 48.2 Å². The van der Waals surface area contributed by atoms with Crippen molar-refractivity contribution in [1.29, 1.82) is 0 Å². The van der Waals surface area contributed by atoms with Crippen molar-refractivity contribution >= 4 is 52.5 Å². The number of carboxylic acids is 1. The predicted octanol–water partition coefficient (Wildman–Crippen LogP) is 0.846. The van der Waals surface area contributed by atoms with E-state index in [4.69, 9.17) is 5.11 Å². The third-order valence-electron chi connectivity index (χ3n) is 5.55. The van der Waals surface area contributed by atoms with Gasteiger partial charge in [-0.2, -0.15) is 11.8 Å². The number of amides is 3. The summed E-state index contributed by atoms with van der Waals surface area (Å²) in [6.07, 6.45) is 4.10. The Labute approximate surface area is 200 Å². The summed E-state index contributed by atoms with van der Waals surface area (Å²) in [6, 6.07) is 6.18. The Morgan fingerprint density at radius 3 is 2.71 bits per heavy atom. The molecule has 3 N–H and O–H groups in total. The van der Waals surface area contributed by atoms with Crippen LogP contribution in [0.5, 0.6) is 0 Å². The molecule has 0 aliphatic carbocycles. The monoisotopic (exact) mass is 486 g/mol. The number of hydrogen-bond donors (Lipinski definition) is 3. The first-order chi connectivity index (χ1) is 16.3. The number of aromatic nitrogens is 1. The summed E-state index contributed by atoms with van der Waals surface area (Å²) in [4.78, 5) is 66.7. The summed E-state index contributed by atoms with van der Waals surface area (Å²) in [6.45, 7) is 0.314. The summed E-state index contributed by atoms with van der Waals surface area (Å²) in [7, 11) is 0. The first-order valence-corrected chi connectivity index (χ1v) is 12.2. The average molecular weight is 487 g/mol. The number of benzene rings is 1. The van der Waals surface area contributed by atoms with E-state index in [1.807, 2.05) is 12.1 Å². The van der Waals surface area contributed by atoms with Crippen molar-refractivity contribution in [3.05, 3.63) is 42.2 Å². The number of likely N-dealkylation sites (tertiary alicyclic amines) is 1. The van der Waals surface area contributed by atoms with Gasteiger partial charge in [-0.05, 0) is 30.6 Å². The fourth-order valence-electron chi connectivity index (χ4n) is 3.97. The lowest BCUT2D eigenvalue weighted by molar-refractivity contribution is -0.141. The van der Waals surface area contributed by atoms with Crippen LogP contribution in [0.4, 0.5) is 0 Å². The highest BCUT2D eigenvalue weighted by Gasteiger charge is 2.38. The van der Waals surface area contributed by atoms with Gasteiger partial charge < -0.3 is 25.4 Å². The molecular formula is C23H26N4O6S. The van der Waals surface area contributed by atoms with Crippen molar-refractivity contribution < 1.29 is 29.1 Å². The first-order valence-electron chi connectivity index (χ1n) is 10.8. The molecule has 34 heavy (non-hydrogen) atoms. The highest BCUT2D eigenvalue weighted by Crippen LogP contribution is 2.21. The number of thioether (sulfide) groups is 1. The second-order valence-electron chi connectivity index (χ2n) is 7.90. The van der Waals surface area contributed by atoms with Gasteiger partial charge >= 0.3 is 5.97 Å². The van der Waals surface area contributed by atoms with Crippen molar-refractivity contribution in [3.8, 4) is 0 Å². The molecule has 1 fully saturated rings. The van der Waals surface area contributed by atoms with Crippen molar-refractivity contribution in [2.75, 3.05) is 18.6 Å². The molecule has 0 radical (unpaired) electrons. The molecule has 0 bridgehead atoms. The molecule has 1 aliphatic rings. The highest BCUT2D eigenvalue weighted by molar-refractivity contribution is 7.98. The van der Waals surface area contributed by atoms with E-state index in [2.05, 4.69) is 15.6 Å². The van der Waals surface area contributed by atoms with E-state index in [1.165, 1.54) is 22.9 Å². The summed E-state index contributed by atoms with van der Waals surface area (Å²) in [5, 5.41) is 15.6. The van der Waals surface area contributed by atoms with Crippen LogP contribution in [0.2, 0.25) is 0 Å². The number of fused-ring (bicyclic) bond motifs is 1. The third kappa shape index (κ3) is 5.90. The quantitative estimate of drug-likeness (QED) is 0.419. The number of aliphatic carboxylic acids is 1. The Morgan fingerprint density at radius 2 is 2.00 bits per heavy atom. The molecule has 1 aromatic heterocycles. The molecule has 3 rings (SSSR count). The smallest absolute Gasteiger partial charge is 0.305 e. The largest absolute Gasteiger partial charge is 0.481 e. The molecule has 2 heterocycles. The fraction of sp³-hybridized carbons (Fsp3) is 0.391. The fourth-order valence-corrected chi connectivity index (χ4v) is 4.53. The van der Waals surface area contributed by atoms with Crippen molar-refractivity contribution in [2.45, 2.75) is 37.4 Å². The Kier molecular flexibility index (Phi) is 8.58. The Balaban J connectivity index is 1.75. The maximum absolute atomic E-state index is 13.3. The minimum absolute atomic E-state index is 0.204. The maximum Gasteiger partial charge on any atom is 0.305 e. The van der Waals surface area contributed by atoms with E-state index in [9.17, 15) is 24.0 Å². The Bertz CT molecular complexity index is 1090. The lowest BCUT2D eigenvalue weighted by atomic mass is 10.1. The standard InChI is InChI=1S/C23H26N4O6S/c1-34-13-17(26-22(32)20-16-6-3-2-5-14(16)8-9-24-20)23(33)27-10-4-7-18(27)21(31)25-15(12-28)11-19(29)30/h2-3,5-6,8-9,12,15,17-18H,4,7,10-11,13H2,1H3,(H,25,31)(H,26,32)(H,29,30)/t15-,17-,18-/m0/s1. The average Bonchev–Trinajstić information content (AvgIpc) is 3.32. The number of carboxylic acid groups (broad SMARTS) is 1. The van der Waals surface area contributed by atoms with Gasteiger partial charge in [-0.25, -0.2) is 0 Å². The summed E-state index contributed by atoms with van der Waals surface area (Å²) < 4.78 is 0. The molecule has 1 aromatic carbocycles. The van der Waals surface area contributed by atoms with Gasteiger partial charge in [0.25, 0.3) is 5.91 Å². The number of rotatable bonds is 10. The zero-order valence-electron chi connectivity index (χ0n) is 18.6. The second-order valence-corrected chi connectivity index (χ2v) is 8.81. The van der Waals surface area contributed by atoms with Gasteiger partial charge in [0.05, 0.1) is 12.5 Å². The van der Waals surface area contributed by atoms with Crippen LogP contribution in [0.15, 0.2) is 36.5 Å². The number of hydrogen-bond acceptors (Lipinski definition) is 7. The van der Waals surface area contributed by atoms with Gasteiger partial charge in [-0.1, -0.05) is 24.3 Å². The summed E-state index contributed by atoms with van der Waals surface area (Å²) in [5.74, 6) is -2.43.